The third-order valence-electron chi connectivity index (χ3n) is 3.73. The van der Waals surface area contributed by atoms with Gasteiger partial charge in [0.1, 0.15) is 4.08 Å². The first-order chi connectivity index (χ1) is 8.98. The Hall–Kier alpha value is 0.220. The molecule has 1 aromatic rings. The molecule has 0 N–H and O–H groups in total. The SMILES string of the molecule is Cc1c2c(c(C)c3c1SC(C)(C)S3(=O)=O)SC(C)(C)S2. The summed E-state index contributed by atoms with van der Waals surface area (Å²) in [7, 11) is -3.26. The second kappa shape index (κ2) is 4.15. The van der Waals surface area contributed by atoms with Crippen molar-refractivity contribution >= 4 is 45.1 Å². The van der Waals surface area contributed by atoms with Gasteiger partial charge in [-0.05, 0) is 52.7 Å². The summed E-state index contributed by atoms with van der Waals surface area (Å²) >= 11 is 5.14. The molecule has 2 heterocycles. The molecule has 20 heavy (non-hydrogen) atoms. The quantitative estimate of drug-likeness (QED) is 0.670. The molecule has 110 valence electrons. The second-order valence-electron chi connectivity index (χ2n) is 6.18. The van der Waals surface area contributed by atoms with E-state index >= 15 is 0 Å². The highest BCUT2D eigenvalue weighted by atomic mass is 32.3. The fraction of sp³-hybridized carbons (Fsp3) is 0.571. The van der Waals surface area contributed by atoms with Crippen molar-refractivity contribution in [2.75, 3.05) is 0 Å². The molecular formula is C14H18O2S4. The van der Waals surface area contributed by atoms with Gasteiger partial charge >= 0.3 is 0 Å². The van der Waals surface area contributed by atoms with Crippen molar-refractivity contribution in [1.29, 1.82) is 0 Å². The van der Waals surface area contributed by atoms with E-state index in [1.165, 1.54) is 16.7 Å². The zero-order valence-electron chi connectivity index (χ0n) is 12.4. The molecular weight excluding hydrogens is 328 g/mol. The van der Waals surface area contributed by atoms with Crippen molar-refractivity contribution in [3.05, 3.63) is 11.1 Å². The van der Waals surface area contributed by atoms with Crippen LogP contribution in [0.4, 0.5) is 0 Å². The van der Waals surface area contributed by atoms with Gasteiger partial charge in [-0.1, -0.05) is 0 Å². The number of benzene rings is 1. The summed E-state index contributed by atoms with van der Waals surface area (Å²) in [6, 6.07) is 0. The lowest BCUT2D eigenvalue weighted by atomic mass is 10.1. The van der Waals surface area contributed by atoms with E-state index < -0.39 is 13.9 Å². The van der Waals surface area contributed by atoms with E-state index in [4.69, 9.17) is 0 Å². The Morgan fingerprint density at radius 1 is 0.800 bits per heavy atom. The molecule has 3 rings (SSSR count). The monoisotopic (exact) mass is 346 g/mol. The van der Waals surface area contributed by atoms with Crippen LogP contribution in [0, 0.1) is 13.8 Å². The van der Waals surface area contributed by atoms with Crippen molar-refractivity contribution in [3.63, 3.8) is 0 Å². The van der Waals surface area contributed by atoms with Crippen LogP contribution < -0.4 is 0 Å². The molecule has 2 aliphatic heterocycles. The number of hydrogen-bond acceptors (Lipinski definition) is 5. The van der Waals surface area contributed by atoms with E-state index in [1.807, 2.05) is 18.7 Å². The van der Waals surface area contributed by atoms with Gasteiger partial charge in [0.2, 0.25) is 0 Å². The number of fused-ring (bicyclic) bond motifs is 2. The van der Waals surface area contributed by atoms with Crippen molar-refractivity contribution in [2.45, 2.75) is 69.3 Å². The lowest BCUT2D eigenvalue weighted by Gasteiger charge is -2.16. The minimum atomic E-state index is -3.26. The number of hydrogen-bond donors (Lipinski definition) is 0. The van der Waals surface area contributed by atoms with Gasteiger partial charge in [0, 0.05) is 14.7 Å². The first-order valence-electron chi connectivity index (χ1n) is 6.47. The van der Waals surface area contributed by atoms with Gasteiger partial charge in [-0.2, -0.15) is 0 Å². The average molecular weight is 347 g/mol. The zero-order chi connectivity index (χ0) is 15.1. The van der Waals surface area contributed by atoms with E-state index in [9.17, 15) is 8.42 Å². The summed E-state index contributed by atoms with van der Waals surface area (Å²) in [6.07, 6.45) is 0. The van der Waals surface area contributed by atoms with Gasteiger partial charge in [0.15, 0.2) is 9.84 Å². The highest BCUT2D eigenvalue weighted by molar-refractivity contribution is 8.21. The molecule has 0 bridgehead atoms. The van der Waals surface area contributed by atoms with E-state index in [0.29, 0.717) is 4.90 Å². The Morgan fingerprint density at radius 3 is 1.85 bits per heavy atom. The summed E-state index contributed by atoms with van der Waals surface area (Å²) in [5, 5.41) is 0. The largest absolute Gasteiger partial charge is 0.222 e. The Morgan fingerprint density at radius 2 is 1.30 bits per heavy atom. The summed E-state index contributed by atoms with van der Waals surface area (Å²) in [5.41, 5.74) is 2.09. The first-order valence-corrected chi connectivity index (χ1v) is 10.4. The van der Waals surface area contributed by atoms with Crippen molar-refractivity contribution < 1.29 is 8.42 Å². The maximum absolute atomic E-state index is 12.8. The Kier molecular flexibility index (Phi) is 3.14. The summed E-state index contributed by atoms with van der Waals surface area (Å²) < 4.78 is 24.9. The van der Waals surface area contributed by atoms with Crippen LogP contribution in [0.15, 0.2) is 19.6 Å². The van der Waals surface area contributed by atoms with Crippen LogP contribution in [-0.4, -0.2) is 16.6 Å². The second-order valence-corrected chi connectivity index (χ2v) is 14.0. The topological polar surface area (TPSA) is 34.1 Å². The highest BCUT2D eigenvalue weighted by Crippen LogP contribution is 2.63. The maximum atomic E-state index is 12.8. The van der Waals surface area contributed by atoms with Gasteiger partial charge in [-0.3, -0.25) is 0 Å². The van der Waals surface area contributed by atoms with Crippen LogP contribution in [0.25, 0.3) is 0 Å². The lowest BCUT2D eigenvalue weighted by molar-refractivity contribution is 0.582. The molecule has 0 aliphatic carbocycles. The standard InChI is InChI=1S/C14H18O2S4/c1-7-9-10(18-13(3,4)17-9)8(2)12-11(7)19-14(5,6)20(12,15)16/h1-6H3. The number of rotatable bonds is 0. The molecule has 2 aliphatic rings. The fourth-order valence-electron chi connectivity index (χ4n) is 2.64. The summed E-state index contributed by atoms with van der Waals surface area (Å²) in [4.78, 5) is 3.99. The van der Waals surface area contributed by atoms with Crippen LogP contribution in [0.5, 0.6) is 0 Å². The maximum Gasteiger partial charge on any atom is 0.194 e. The van der Waals surface area contributed by atoms with E-state index in [2.05, 4.69) is 20.8 Å². The third kappa shape index (κ3) is 1.84. The van der Waals surface area contributed by atoms with Crippen LogP contribution in [0.2, 0.25) is 0 Å². The Labute approximate surface area is 133 Å². The molecule has 6 heteroatoms. The van der Waals surface area contributed by atoms with Gasteiger partial charge in [0.05, 0.1) is 8.97 Å². The van der Waals surface area contributed by atoms with Crippen molar-refractivity contribution in [1.82, 2.24) is 0 Å². The molecule has 0 spiro atoms. The highest BCUT2D eigenvalue weighted by Gasteiger charge is 2.49. The molecule has 2 nitrogen and oxygen atoms in total. The molecule has 0 amide bonds. The summed E-state index contributed by atoms with van der Waals surface area (Å²) in [6.45, 7) is 12.0. The number of sulfone groups is 1. The van der Waals surface area contributed by atoms with Gasteiger partial charge in [-0.25, -0.2) is 8.42 Å². The molecule has 0 saturated carbocycles. The molecule has 0 atom stereocenters. The Bertz CT molecular complexity index is 730. The Balaban J connectivity index is 2.36. The van der Waals surface area contributed by atoms with Crippen molar-refractivity contribution in [2.24, 2.45) is 0 Å². The van der Waals surface area contributed by atoms with Gasteiger partial charge in [0.25, 0.3) is 0 Å². The van der Waals surface area contributed by atoms with Crippen LogP contribution in [0.3, 0.4) is 0 Å². The van der Waals surface area contributed by atoms with Crippen LogP contribution in [-0.2, 0) is 9.84 Å². The zero-order valence-corrected chi connectivity index (χ0v) is 15.7. The summed E-state index contributed by atoms with van der Waals surface area (Å²) in [5.74, 6) is 0. The molecule has 0 saturated heterocycles. The fourth-order valence-corrected chi connectivity index (χ4v) is 9.45. The van der Waals surface area contributed by atoms with Gasteiger partial charge < -0.3 is 0 Å². The molecule has 0 aromatic heterocycles. The van der Waals surface area contributed by atoms with E-state index in [-0.39, 0.29) is 4.08 Å². The minimum absolute atomic E-state index is 0.0802. The molecule has 0 fully saturated rings. The molecule has 0 radical (unpaired) electrons. The minimum Gasteiger partial charge on any atom is -0.222 e. The molecule has 0 unspecified atom stereocenters. The number of thioether (sulfide) groups is 3. The normalized spacial score (nSPS) is 24.5. The van der Waals surface area contributed by atoms with Gasteiger partial charge in [-0.15, -0.1) is 35.3 Å². The average Bonchev–Trinajstić information content (AvgIpc) is 2.69. The predicted octanol–water partition coefficient (Wildman–Crippen LogP) is 4.85. The predicted molar refractivity (Wildman–Crippen MR) is 88.8 cm³/mol. The van der Waals surface area contributed by atoms with E-state index in [1.54, 1.807) is 25.6 Å². The van der Waals surface area contributed by atoms with Crippen molar-refractivity contribution in [3.8, 4) is 0 Å². The third-order valence-corrected chi connectivity index (χ3v) is 11.4. The molecule has 1 aromatic carbocycles. The first kappa shape index (κ1) is 15.1. The van der Waals surface area contributed by atoms with Crippen LogP contribution in [0.1, 0.15) is 38.8 Å². The van der Waals surface area contributed by atoms with Crippen LogP contribution >= 0.6 is 35.3 Å². The lowest BCUT2D eigenvalue weighted by Crippen LogP contribution is -2.23. The smallest absolute Gasteiger partial charge is 0.194 e. The van der Waals surface area contributed by atoms with E-state index in [0.717, 1.165) is 20.9 Å².